The minimum Gasteiger partial charge on any atom is -0.395 e. The number of likely N-dealkylation sites (N-methyl/N-ethyl adjacent to an activating group) is 1. The summed E-state index contributed by atoms with van der Waals surface area (Å²) >= 11 is 1.31. The second kappa shape index (κ2) is 10.5. The molecule has 0 radical (unpaired) electrons. The number of benzene rings is 2. The molecule has 0 saturated heterocycles. The van der Waals surface area contributed by atoms with Crippen LogP contribution in [0.25, 0.3) is 0 Å². The Kier molecular flexibility index (Phi) is 7.72. The van der Waals surface area contributed by atoms with E-state index in [9.17, 15) is 8.42 Å². The maximum absolute atomic E-state index is 12.2. The number of nitrogens with one attached hydrogen (secondary N) is 2. The molecule has 0 atom stereocenters. The fraction of sp³-hybridized carbons (Fsp3) is 0.300. The fourth-order valence-corrected chi connectivity index (χ4v) is 4.10. The maximum atomic E-state index is 12.2. The lowest BCUT2D eigenvalue weighted by Crippen LogP contribution is -2.31. The van der Waals surface area contributed by atoms with Crippen molar-refractivity contribution in [3.05, 3.63) is 48.5 Å². The summed E-state index contributed by atoms with van der Waals surface area (Å²) < 4.78 is 28.6. The number of nitrogens with zero attached hydrogens (tertiary/aromatic N) is 5. The molecule has 0 aliphatic rings. The minimum atomic E-state index is -3.51. The summed E-state index contributed by atoms with van der Waals surface area (Å²) in [6, 6.07) is 14.8. The van der Waals surface area contributed by atoms with E-state index in [1.807, 2.05) is 42.3 Å². The van der Waals surface area contributed by atoms with Crippen molar-refractivity contribution in [2.75, 3.05) is 40.9 Å². The normalized spacial score (nSPS) is 11.6. The van der Waals surface area contributed by atoms with Gasteiger partial charge in [-0.2, -0.15) is 0 Å². The van der Waals surface area contributed by atoms with Crippen LogP contribution in [0, 0.1) is 0 Å². The molecule has 0 unspecified atom stereocenters. The molecule has 170 valence electrons. The van der Waals surface area contributed by atoms with Gasteiger partial charge in [-0.3, -0.25) is 4.72 Å². The molecule has 0 aliphatic heterocycles. The van der Waals surface area contributed by atoms with Crippen LogP contribution in [0.3, 0.4) is 0 Å². The predicted molar refractivity (Wildman–Crippen MR) is 127 cm³/mol. The summed E-state index contributed by atoms with van der Waals surface area (Å²) in [7, 11) is 0.0563. The van der Waals surface area contributed by atoms with Gasteiger partial charge in [-0.25, -0.2) is 8.42 Å². The minimum absolute atomic E-state index is 0.0148. The van der Waals surface area contributed by atoms with Gasteiger partial charge in [0.05, 0.1) is 23.2 Å². The van der Waals surface area contributed by atoms with Gasteiger partial charge in [0.2, 0.25) is 15.2 Å². The van der Waals surface area contributed by atoms with Crippen molar-refractivity contribution >= 4 is 54.4 Å². The number of anilines is 4. The highest BCUT2D eigenvalue weighted by Crippen LogP contribution is 2.33. The topological polar surface area (TPSA) is 123 Å². The molecule has 0 aliphatic carbocycles. The molecule has 3 N–H and O–H groups in total. The van der Waals surface area contributed by atoms with Crippen LogP contribution in [0.2, 0.25) is 0 Å². The zero-order valence-electron chi connectivity index (χ0n) is 18.1. The highest BCUT2D eigenvalue weighted by Gasteiger charge is 2.19. The van der Waals surface area contributed by atoms with Crippen LogP contribution in [-0.2, 0) is 17.1 Å². The third-order valence-corrected chi connectivity index (χ3v) is 6.80. The van der Waals surface area contributed by atoms with Crippen molar-refractivity contribution in [3.63, 3.8) is 0 Å². The maximum Gasteiger partial charge on any atom is 0.431 e. The summed E-state index contributed by atoms with van der Waals surface area (Å²) in [5.74, 6) is -0.0652. The molecule has 0 fully saturated rings. The van der Waals surface area contributed by atoms with E-state index in [2.05, 4.69) is 25.4 Å². The standard InChI is InChI=1S/C20H25N7O3S2/c1-4-32(29,30)25-18-14-16(21-15-8-6-5-7-9-15)10-11-17(18)22-23-19-27(3)24-20(31-19)26(2)12-13-28/h5-11,14,28H,4,12-13H2,1-3H3,(H,21,25)/p+1. The van der Waals surface area contributed by atoms with Crippen molar-refractivity contribution in [3.8, 4) is 0 Å². The highest BCUT2D eigenvalue weighted by molar-refractivity contribution is 7.92. The number of hydrogen-bond donors (Lipinski definition) is 3. The summed E-state index contributed by atoms with van der Waals surface area (Å²) in [4.78, 5) is 1.81. The number of sulfonamides is 1. The van der Waals surface area contributed by atoms with Gasteiger partial charge >= 0.3 is 5.13 Å². The van der Waals surface area contributed by atoms with E-state index >= 15 is 0 Å². The van der Waals surface area contributed by atoms with Gasteiger partial charge in [0, 0.05) is 25.0 Å². The molecule has 0 saturated carbocycles. The Morgan fingerprint density at radius 2 is 1.91 bits per heavy atom. The molecule has 32 heavy (non-hydrogen) atoms. The fourth-order valence-electron chi connectivity index (χ4n) is 2.63. The van der Waals surface area contributed by atoms with Crippen molar-refractivity contribution in [2.24, 2.45) is 17.3 Å². The number of rotatable bonds is 10. The van der Waals surface area contributed by atoms with Crippen molar-refractivity contribution < 1.29 is 18.2 Å². The summed E-state index contributed by atoms with van der Waals surface area (Å²) in [6.07, 6.45) is 0. The largest absolute Gasteiger partial charge is 0.431 e. The Morgan fingerprint density at radius 1 is 1.16 bits per heavy atom. The van der Waals surface area contributed by atoms with Crippen LogP contribution < -0.4 is 19.6 Å². The number of para-hydroxylation sites is 1. The summed E-state index contributed by atoms with van der Waals surface area (Å²) in [5.41, 5.74) is 2.28. The third kappa shape index (κ3) is 6.22. The average molecular weight is 477 g/mol. The van der Waals surface area contributed by atoms with Crippen molar-refractivity contribution in [1.29, 1.82) is 0 Å². The first-order chi connectivity index (χ1) is 15.3. The van der Waals surface area contributed by atoms with Crippen molar-refractivity contribution in [2.45, 2.75) is 6.92 Å². The van der Waals surface area contributed by atoms with Crippen LogP contribution in [0.15, 0.2) is 58.8 Å². The molecular weight excluding hydrogens is 450 g/mol. The van der Waals surface area contributed by atoms with E-state index in [4.69, 9.17) is 5.11 Å². The number of azo groups is 1. The van der Waals surface area contributed by atoms with E-state index in [0.29, 0.717) is 33.9 Å². The summed E-state index contributed by atoms with van der Waals surface area (Å²) in [6.45, 7) is 2.03. The summed E-state index contributed by atoms with van der Waals surface area (Å²) in [5, 5.41) is 26.5. The van der Waals surface area contributed by atoms with E-state index in [1.54, 1.807) is 36.9 Å². The number of aliphatic hydroxyl groups excluding tert-OH is 1. The Morgan fingerprint density at radius 3 is 2.59 bits per heavy atom. The first kappa shape index (κ1) is 23.6. The zero-order chi connectivity index (χ0) is 23.1. The Hall–Kier alpha value is -3.09. The van der Waals surface area contributed by atoms with Crippen molar-refractivity contribution in [1.82, 2.24) is 5.10 Å². The monoisotopic (exact) mass is 476 g/mol. The van der Waals surface area contributed by atoms with E-state index < -0.39 is 10.0 Å². The number of aryl methyl sites for hydroxylation is 1. The smallest absolute Gasteiger partial charge is 0.395 e. The lowest BCUT2D eigenvalue weighted by Gasteiger charge is -2.11. The SMILES string of the molecule is CCS(=O)(=O)Nc1cc(Nc2ccccc2)ccc1N=Nc1sc(N(C)CCO)n[n+]1C. The van der Waals surface area contributed by atoms with Crippen LogP contribution in [0.1, 0.15) is 6.92 Å². The van der Waals surface area contributed by atoms with E-state index in [1.165, 1.54) is 11.3 Å². The third-order valence-electron chi connectivity index (χ3n) is 4.40. The lowest BCUT2D eigenvalue weighted by molar-refractivity contribution is -0.712. The molecule has 3 aromatic rings. The average Bonchev–Trinajstić information content (AvgIpc) is 3.14. The Bertz CT molecular complexity index is 1180. The van der Waals surface area contributed by atoms with Gasteiger partial charge < -0.3 is 15.3 Å². The molecule has 0 bridgehead atoms. The second-order valence-corrected chi connectivity index (χ2v) is 9.81. The van der Waals surface area contributed by atoms with Gasteiger partial charge in [-0.05, 0) is 53.7 Å². The number of aliphatic hydroxyl groups is 1. The molecule has 10 nitrogen and oxygen atoms in total. The molecule has 1 heterocycles. The lowest BCUT2D eigenvalue weighted by atomic mass is 10.2. The predicted octanol–water partition coefficient (Wildman–Crippen LogP) is 3.32. The Balaban J connectivity index is 1.91. The molecule has 12 heteroatoms. The van der Waals surface area contributed by atoms with Gasteiger partial charge in [0.25, 0.3) is 0 Å². The van der Waals surface area contributed by atoms with Gasteiger partial charge in [0.1, 0.15) is 12.7 Å². The number of aromatic nitrogens is 2. The molecule has 0 amide bonds. The molecule has 0 spiro atoms. The van der Waals surface area contributed by atoms with Gasteiger partial charge in [0.15, 0.2) is 0 Å². The van der Waals surface area contributed by atoms with Crippen LogP contribution in [-0.4, -0.2) is 44.6 Å². The first-order valence-corrected chi connectivity index (χ1v) is 12.4. The highest BCUT2D eigenvalue weighted by atomic mass is 32.2. The molecular formula is C20H26N7O3S2+. The molecule has 1 aromatic heterocycles. The van der Waals surface area contributed by atoms with E-state index in [0.717, 1.165) is 5.69 Å². The van der Waals surface area contributed by atoms with Gasteiger partial charge in [-0.15, -0.1) is 4.68 Å². The molecule has 2 aromatic carbocycles. The van der Waals surface area contributed by atoms with Crippen LogP contribution in [0.4, 0.5) is 33.0 Å². The second-order valence-electron chi connectivity index (χ2n) is 6.86. The zero-order valence-corrected chi connectivity index (χ0v) is 19.7. The van der Waals surface area contributed by atoms with Crippen LogP contribution in [0.5, 0.6) is 0 Å². The Labute approximate surface area is 191 Å². The molecule has 3 rings (SSSR count). The van der Waals surface area contributed by atoms with E-state index in [-0.39, 0.29) is 12.4 Å². The van der Waals surface area contributed by atoms with Crippen LogP contribution >= 0.6 is 11.3 Å². The number of hydrogen-bond acceptors (Lipinski definition) is 9. The first-order valence-electron chi connectivity index (χ1n) is 9.89. The van der Waals surface area contributed by atoms with Gasteiger partial charge in [-0.1, -0.05) is 23.3 Å². The quantitative estimate of drug-likeness (QED) is 0.305.